The van der Waals surface area contributed by atoms with Crippen molar-refractivity contribution in [1.82, 2.24) is 5.32 Å². The highest BCUT2D eigenvalue weighted by Crippen LogP contribution is 2.17. The average Bonchev–Trinajstić information content (AvgIpc) is 3.19. The molecule has 6 heteroatoms. The molecule has 0 saturated carbocycles. The molecule has 0 spiro atoms. The summed E-state index contributed by atoms with van der Waals surface area (Å²) in [7, 11) is 0. The highest BCUT2D eigenvalue weighted by Gasteiger charge is 2.24. The number of esters is 1. The zero-order chi connectivity index (χ0) is 41.0. The van der Waals surface area contributed by atoms with Crippen molar-refractivity contribution in [3.05, 3.63) is 48.6 Å². The van der Waals surface area contributed by atoms with Crippen LogP contribution in [0.15, 0.2) is 48.6 Å². The van der Waals surface area contributed by atoms with E-state index in [0.29, 0.717) is 19.3 Å². The molecule has 0 aliphatic rings. The second kappa shape index (κ2) is 43.9. The smallest absolute Gasteiger partial charge is 0.306 e. The predicted octanol–water partition coefficient (Wildman–Crippen LogP) is 13.9. The fourth-order valence-corrected chi connectivity index (χ4v) is 7.07. The topological polar surface area (TPSA) is 95.9 Å². The Morgan fingerprint density at radius 1 is 0.536 bits per heavy atom. The van der Waals surface area contributed by atoms with Crippen LogP contribution in [0.4, 0.5) is 0 Å². The van der Waals surface area contributed by atoms with Crippen molar-refractivity contribution in [2.75, 3.05) is 6.61 Å². The number of carbonyl (C=O) groups excluding carboxylic acids is 2. The zero-order valence-electron chi connectivity index (χ0n) is 37.0. The van der Waals surface area contributed by atoms with Gasteiger partial charge in [-0.1, -0.05) is 198 Å². The van der Waals surface area contributed by atoms with E-state index in [-0.39, 0.29) is 24.9 Å². The van der Waals surface area contributed by atoms with E-state index < -0.39 is 18.2 Å². The molecule has 0 aromatic rings. The van der Waals surface area contributed by atoms with Crippen molar-refractivity contribution < 1.29 is 24.5 Å². The van der Waals surface area contributed by atoms with E-state index in [9.17, 15) is 19.8 Å². The van der Waals surface area contributed by atoms with Crippen molar-refractivity contribution in [2.45, 2.75) is 251 Å². The van der Waals surface area contributed by atoms with E-state index in [0.717, 1.165) is 89.9 Å². The number of aliphatic hydroxyl groups is 2. The Morgan fingerprint density at radius 2 is 0.982 bits per heavy atom. The second-order valence-electron chi connectivity index (χ2n) is 16.2. The third-order valence-corrected chi connectivity index (χ3v) is 10.7. The van der Waals surface area contributed by atoms with E-state index in [4.69, 9.17) is 4.74 Å². The zero-order valence-corrected chi connectivity index (χ0v) is 37.0. The third kappa shape index (κ3) is 38.7. The standard InChI is InChI=1S/C50H91NO5/c1-4-7-10-13-16-19-22-25-26-29-32-35-38-41-46(56-50(55)43-40-37-34-31-28-24-21-18-15-12-9-6-3)44-49(54)51-47(45-52)48(53)42-39-36-33-30-27-23-20-17-14-11-8-5-2/h7,10,13,16,18-19,21-22,46-48,52-53H,4-6,8-9,11-12,14-15,17,20,23-45H2,1-3H3,(H,51,54)/b10-7+,16-13+,21-18-,22-19+. The van der Waals surface area contributed by atoms with E-state index in [1.165, 1.54) is 96.3 Å². The fourth-order valence-electron chi connectivity index (χ4n) is 7.07. The largest absolute Gasteiger partial charge is 0.462 e. The van der Waals surface area contributed by atoms with E-state index >= 15 is 0 Å². The Hall–Kier alpha value is -2.18. The lowest BCUT2D eigenvalue weighted by atomic mass is 10.0. The minimum Gasteiger partial charge on any atom is -0.462 e. The number of nitrogens with one attached hydrogen (secondary N) is 1. The summed E-state index contributed by atoms with van der Waals surface area (Å²) in [5, 5.41) is 23.7. The Morgan fingerprint density at radius 3 is 1.54 bits per heavy atom. The number of aliphatic hydroxyl groups excluding tert-OH is 2. The van der Waals surface area contributed by atoms with Gasteiger partial charge in [-0.3, -0.25) is 9.59 Å². The number of unbranched alkanes of at least 4 members (excludes halogenated alkanes) is 24. The Labute approximate surface area is 346 Å². The van der Waals surface area contributed by atoms with E-state index in [1.807, 2.05) is 0 Å². The van der Waals surface area contributed by atoms with Crippen LogP contribution in [-0.2, 0) is 14.3 Å². The molecule has 0 rings (SSSR count). The summed E-state index contributed by atoms with van der Waals surface area (Å²) >= 11 is 0. The molecule has 0 radical (unpaired) electrons. The monoisotopic (exact) mass is 786 g/mol. The SMILES string of the molecule is CC/C=C/C=C/C=C/CCCCCCCC(CC(=O)NC(CO)C(O)CCCCCCCCCCCCCC)OC(=O)CCCCCCC/C=C\CCCCC. The van der Waals surface area contributed by atoms with Crippen molar-refractivity contribution in [1.29, 1.82) is 0 Å². The molecule has 0 bridgehead atoms. The fraction of sp³-hybridized carbons (Fsp3) is 0.800. The first kappa shape index (κ1) is 53.8. The molecule has 3 N–H and O–H groups in total. The molecule has 3 unspecified atom stereocenters. The van der Waals surface area contributed by atoms with Gasteiger partial charge in [0.1, 0.15) is 6.10 Å². The molecule has 0 saturated heterocycles. The first-order valence-corrected chi connectivity index (χ1v) is 23.9. The minimum absolute atomic E-state index is 0.0608. The number of amides is 1. The van der Waals surface area contributed by atoms with Crippen LogP contribution in [0.2, 0.25) is 0 Å². The van der Waals surface area contributed by atoms with Crippen molar-refractivity contribution in [3.8, 4) is 0 Å². The molecule has 6 nitrogen and oxygen atoms in total. The summed E-state index contributed by atoms with van der Waals surface area (Å²) in [6, 6.07) is -0.708. The third-order valence-electron chi connectivity index (χ3n) is 10.7. The minimum atomic E-state index is -0.793. The van der Waals surface area contributed by atoms with Crippen LogP contribution < -0.4 is 5.32 Å². The lowest BCUT2D eigenvalue weighted by Crippen LogP contribution is -2.46. The van der Waals surface area contributed by atoms with Gasteiger partial charge >= 0.3 is 5.97 Å². The molecule has 0 fully saturated rings. The molecular weight excluding hydrogens is 695 g/mol. The van der Waals surface area contributed by atoms with Gasteiger partial charge in [0.2, 0.25) is 5.91 Å². The van der Waals surface area contributed by atoms with E-state index in [1.54, 1.807) is 0 Å². The summed E-state index contributed by atoms with van der Waals surface area (Å²) in [5.41, 5.74) is 0. The van der Waals surface area contributed by atoms with Gasteiger partial charge in [-0.15, -0.1) is 0 Å². The van der Waals surface area contributed by atoms with Gasteiger partial charge in [0.15, 0.2) is 0 Å². The maximum atomic E-state index is 13.1. The molecule has 0 heterocycles. The summed E-state index contributed by atoms with van der Waals surface area (Å²) in [6.07, 6.45) is 51.6. The van der Waals surface area contributed by atoms with Gasteiger partial charge < -0.3 is 20.3 Å². The Kier molecular flexibility index (Phi) is 42.2. The van der Waals surface area contributed by atoms with Gasteiger partial charge in [0, 0.05) is 6.42 Å². The summed E-state index contributed by atoms with van der Waals surface area (Å²) in [4.78, 5) is 26.0. The van der Waals surface area contributed by atoms with Crippen LogP contribution in [0.3, 0.4) is 0 Å². The lowest BCUT2D eigenvalue weighted by molar-refractivity contribution is -0.151. The van der Waals surface area contributed by atoms with Gasteiger partial charge in [0.05, 0.1) is 25.2 Å². The highest BCUT2D eigenvalue weighted by atomic mass is 16.5. The van der Waals surface area contributed by atoms with Gasteiger partial charge in [-0.05, 0) is 70.6 Å². The van der Waals surface area contributed by atoms with Gasteiger partial charge in [-0.25, -0.2) is 0 Å². The van der Waals surface area contributed by atoms with Gasteiger partial charge in [0.25, 0.3) is 0 Å². The second-order valence-corrected chi connectivity index (χ2v) is 16.2. The summed E-state index contributed by atoms with van der Waals surface area (Å²) in [5.74, 6) is -0.504. The van der Waals surface area contributed by atoms with Crippen LogP contribution in [0.25, 0.3) is 0 Å². The average molecular weight is 786 g/mol. The normalized spacial score (nSPS) is 13.7. The summed E-state index contributed by atoms with van der Waals surface area (Å²) < 4.78 is 5.90. The maximum absolute atomic E-state index is 13.1. The van der Waals surface area contributed by atoms with Gasteiger partial charge in [-0.2, -0.15) is 0 Å². The molecule has 0 aliphatic heterocycles. The van der Waals surface area contributed by atoms with Crippen molar-refractivity contribution in [2.24, 2.45) is 0 Å². The van der Waals surface area contributed by atoms with Crippen LogP contribution in [0.5, 0.6) is 0 Å². The lowest BCUT2D eigenvalue weighted by Gasteiger charge is -2.24. The molecule has 56 heavy (non-hydrogen) atoms. The Balaban J connectivity index is 4.63. The van der Waals surface area contributed by atoms with Crippen LogP contribution in [-0.4, -0.2) is 46.9 Å². The molecule has 0 aromatic heterocycles. The first-order valence-electron chi connectivity index (χ1n) is 23.9. The van der Waals surface area contributed by atoms with Crippen LogP contribution in [0.1, 0.15) is 233 Å². The number of carbonyl (C=O) groups is 2. The molecule has 0 aliphatic carbocycles. The highest BCUT2D eigenvalue weighted by molar-refractivity contribution is 5.77. The van der Waals surface area contributed by atoms with Crippen molar-refractivity contribution >= 4 is 11.9 Å². The molecule has 0 aromatic carbocycles. The predicted molar refractivity (Wildman–Crippen MR) is 241 cm³/mol. The molecule has 326 valence electrons. The number of rotatable bonds is 42. The van der Waals surface area contributed by atoms with Crippen LogP contribution >= 0.6 is 0 Å². The van der Waals surface area contributed by atoms with Crippen LogP contribution in [0, 0.1) is 0 Å². The van der Waals surface area contributed by atoms with Crippen molar-refractivity contribution in [3.63, 3.8) is 0 Å². The molecule has 3 atom stereocenters. The van der Waals surface area contributed by atoms with E-state index in [2.05, 4.69) is 74.7 Å². The summed E-state index contributed by atoms with van der Waals surface area (Å²) in [6.45, 7) is 6.31. The maximum Gasteiger partial charge on any atom is 0.306 e. The Bertz CT molecular complexity index is 972. The quantitative estimate of drug-likeness (QED) is 0.0248. The molecule has 1 amide bonds. The first-order chi connectivity index (χ1) is 27.5. The number of hydrogen-bond donors (Lipinski definition) is 3. The number of hydrogen-bond acceptors (Lipinski definition) is 5. The number of ether oxygens (including phenoxy) is 1. The molecular formula is C50H91NO5. The number of allylic oxidation sites excluding steroid dienone is 8.